The van der Waals surface area contributed by atoms with Gasteiger partial charge in [-0.05, 0) is 22.4 Å². The van der Waals surface area contributed by atoms with Crippen LogP contribution in [0.5, 0.6) is 0 Å². The highest BCUT2D eigenvalue weighted by atomic mass is 35.5. The van der Waals surface area contributed by atoms with E-state index in [1.165, 1.54) is 10.8 Å². The fourth-order valence-electron chi connectivity index (χ4n) is 2.09. The second-order valence-corrected chi connectivity index (χ2v) is 4.86. The van der Waals surface area contributed by atoms with Gasteiger partial charge < -0.3 is 4.57 Å². The third-order valence-corrected chi connectivity index (χ3v) is 3.46. The van der Waals surface area contributed by atoms with Gasteiger partial charge in [-0.25, -0.2) is 4.98 Å². The minimum absolute atomic E-state index is 0.0381. The van der Waals surface area contributed by atoms with Gasteiger partial charge in [0.2, 0.25) is 0 Å². The molecule has 1 atom stereocenters. The summed E-state index contributed by atoms with van der Waals surface area (Å²) in [7, 11) is 0. The van der Waals surface area contributed by atoms with E-state index in [1.807, 2.05) is 22.9 Å². The highest BCUT2D eigenvalue weighted by molar-refractivity contribution is 6.20. The summed E-state index contributed by atoms with van der Waals surface area (Å²) in [5.74, 6) is 0. The van der Waals surface area contributed by atoms with E-state index < -0.39 is 0 Å². The van der Waals surface area contributed by atoms with Crippen molar-refractivity contribution in [1.29, 1.82) is 0 Å². The normalized spacial score (nSPS) is 12.7. The predicted octanol–water partition coefficient (Wildman–Crippen LogP) is 4.02. The summed E-state index contributed by atoms with van der Waals surface area (Å²) < 4.78 is 1.99. The molecule has 0 fully saturated rings. The maximum Gasteiger partial charge on any atom is 0.0946 e. The first-order chi connectivity index (χ1) is 8.83. The van der Waals surface area contributed by atoms with Crippen LogP contribution in [0, 0.1) is 0 Å². The second kappa shape index (κ2) is 4.83. The molecule has 0 amide bonds. The van der Waals surface area contributed by atoms with Crippen LogP contribution in [0.3, 0.4) is 0 Å². The van der Waals surface area contributed by atoms with Crippen LogP contribution in [0.2, 0.25) is 0 Å². The van der Waals surface area contributed by atoms with E-state index in [-0.39, 0.29) is 5.38 Å². The molecular weight excluding hydrogens is 244 g/mol. The summed E-state index contributed by atoms with van der Waals surface area (Å²) >= 11 is 6.45. The summed E-state index contributed by atoms with van der Waals surface area (Å²) in [6.45, 7) is 0.736. The number of benzene rings is 2. The molecule has 3 heteroatoms. The van der Waals surface area contributed by atoms with Gasteiger partial charge >= 0.3 is 0 Å². The van der Waals surface area contributed by atoms with Gasteiger partial charge in [-0.3, -0.25) is 0 Å². The Hall–Kier alpha value is -1.80. The molecule has 3 aromatic rings. The summed E-state index contributed by atoms with van der Waals surface area (Å²) in [4.78, 5) is 4.02. The lowest BCUT2D eigenvalue weighted by Gasteiger charge is -2.11. The zero-order valence-electron chi connectivity index (χ0n) is 9.83. The molecule has 0 aliphatic heterocycles. The zero-order valence-corrected chi connectivity index (χ0v) is 10.6. The van der Waals surface area contributed by atoms with Crippen molar-refractivity contribution >= 4 is 22.4 Å². The SMILES string of the molecule is ClC(Cn1ccnc1)c1ccc2ccccc2c1. The van der Waals surface area contributed by atoms with Gasteiger partial charge in [0.1, 0.15) is 0 Å². The van der Waals surface area contributed by atoms with E-state index in [4.69, 9.17) is 11.6 Å². The van der Waals surface area contributed by atoms with Crippen LogP contribution < -0.4 is 0 Å². The first-order valence-corrected chi connectivity index (χ1v) is 6.35. The minimum atomic E-state index is -0.0381. The quantitative estimate of drug-likeness (QED) is 0.648. The maximum atomic E-state index is 6.45. The number of nitrogens with zero attached hydrogens (tertiary/aromatic N) is 2. The smallest absolute Gasteiger partial charge is 0.0946 e. The largest absolute Gasteiger partial charge is 0.336 e. The molecule has 90 valence electrons. The number of aromatic nitrogens is 2. The van der Waals surface area contributed by atoms with Crippen molar-refractivity contribution in [1.82, 2.24) is 9.55 Å². The van der Waals surface area contributed by atoms with E-state index in [9.17, 15) is 0 Å². The molecule has 0 N–H and O–H groups in total. The molecule has 3 rings (SSSR count). The molecule has 1 aromatic heterocycles. The lowest BCUT2D eigenvalue weighted by molar-refractivity contribution is 0.677. The second-order valence-electron chi connectivity index (χ2n) is 4.33. The summed E-state index contributed by atoms with van der Waals surface area (Å²) in [5, 5.41) is 2.43. The van der Waals surface area contributed by atoms with Crippen molar-refractivity contribution in [3.63, 3.8) is 0 Å². The van der Waals surface area contributed by atoms with Gasteiger partial charge in [-0.15, -0.1) is 11.6 Å². The van der Waals surface area contributed by atoms with Gasteiger partial charge in [0.15, 0.2) is 0 Å². The van der Waals surface area contributed by atoms with E-state index in [1.54, 1.807) is 12.5 Å². The van der Waals surface area contributed by atoms with E-state index in [2.05, 4.69) is 35.3 Å². The first-order valence-electron chi connectivity index (χ1n) is 5.91. The van der Waals surface area contributed by atoms with Gasteiger partial charge in [0, 0.05) is 18.9 Å². The number of hydrogen-bond acceptors (Lipinski definition) is 1. The van der Waals surface area contributed by atoms with Crippen molar-refractivity contribution in [2.24, 2.45) is 0 Å². The molecule has 0 saturated heterocycles. The number of hydrogen-bond donors (Lipinski definition) is 0. The number of fused-ring (bicyclic) bond motifs is 1. The Morgan fingerprint density at radius 3 is 2.72 bits per heavy atom. The van der Waals surface area contributed by atoms with E-state index >= 15 is 0 Å². The average molecular weight is 257 g/mol. The lowest BCUT2D eigenvalue weighted by atomic mass is 10.0. The highest BCUT2D eigenvalue weighted by Gasteiger charge is 2.08. The van der Waals surface area contributed by atoms with Crippen molar-refractivity contribution < 1.29 is 0 Å². The summed E-state index contributed by atoms with van der Waals surface area (Å²) in [5.41, 5.74) is 1.14. The molecule has 0 bridgehead atoms. The topological polar surface area (TPSA) is 17.8 Å². The van der Waals surface area contributed by atoms with Crippen molar-refractivity contribution in [3.05, 3.63) is 66.7 Å². The molecule has 1 unspecified atom stereocenters. The summed E-state index contributed by atoms with van der Waals surface area (Å²) in [6, 6.07) is 14.7. The Labute approximate surface area is 111 Å². The van der Waals surface area contributed by atoms with Crippen LogP contribution >= 0.6 is 11.6 Å². The fourth-order valence-corrected chi connectivity index (χ4v) is 2.38. The Balaban J connectivity index is 1.89. The van der Waals surface area contributed by atoms with Gasteiger partial charge in [-0.1, -0.05) is 36.4 Å². The minimum Gasteiger partial charge on any atom is -0.336 e. The number of rotatable bonds is 3. The third kappa shape index (κ3) is 2.24. The standard InChI is InChI=1S/C15H13ClN2/c16-15(10-18-8-7-17-11-18)14-6-5-12-3-1-2-4-13(12)9-14/h1-9,11,15H,10H2. The number of halogens is 1. The van der Waals surface area contributed by atoms with Crippen LogP contribution in [0.15, 0.2) is 61.2 Å². The van der Waals surface area contributed by atoms with Crippen molar-refractivity contribution in [3.8, 4) is 0 Å². The molecule has 0 spiro atoms. The number of alkyl halides is 1. The predicted molar refractivity (Wildman–Crippen MR) is 74.8 cm³/mol. The summed E-state index contributed by atoms with van der Waals surface area (Å²) in [6.07, 6.45) is 5.48. The van der Waals surface area contributed by atoms with E-state index in [0.29, 0.717) is 0 Å². The van der Waals surface area contributed by atoms with Crippen LogP contribution in [0.4, 0.5) is 0 Å². The van der Waals surface area contributed by atoms with Crippen LogP contribution in [0.25, 0.3) is 10.8 Å². The average Bonchev–Trinajstić information content (AvgIpc) is 2.91. The molecule has 0 radical (unpaired) electrons. The van der Waals surface area contributed by atoms with Crippen LogP contribution in [-0.4, -0.2) is 9.55 Å². The Morgan fingerprint density at radius 1 is 1.11 bits per heavy atom. The van der Waals surface area contributed by atoms with Gasteiger partial charge in [0.05, 0.1) is 11.7 Å². The number of imidazole rings is 1. The van der Waals surface area contributed by atoms with Gasteiger partial charge in [0.25, 0.3) is 0 Å². The highest BCUT2D eigenvalue weighted by Crippen LogP contribution is 2.26. The third-order valence-electron chi connectivity index (χ3n) is 3.07. The van der Waals surface area contributed by atoms with Gasteiger partial charge in [-0.2, -0.15) is 0 Å². The lowest BCUT2D eigenvalue weighted by Crippen LogP contribution is -2.02. The zero-order chi connectivity index (χ0) is 12.4. The van der Waals surface area contributed by atoms with E-state index in [0.717, 1.165) is 12.1 Å². The monoisotopic (exact) mass is 256 g/mol. The van der Waals surface area contributed by atoms with Crippen molar-refractivity contribution in [2.45, 2.75) is 11.9 Å². The molecule has 0 aliphatic carbocycles. The maximum absolute atomic E-state index is 6.45. The molecule has 0 saturated carbocycles. The molecule has 2 nitrogen and oxygen atoms in total. The molecule has 1 heterocycles. The van der Waals surface area contributed by atoms with Crippen LogP contribution in [-0.2, 0) is 6.54 Å². The molecule has 18 heavy (non-hydrogen) atoms. The van der Waals surface area contributed by atoms with Crippen LogP contribution in [0.1, 0.15) is 10.9 Å². The van der Waals surface area contributed by atoms with Crippen molar-refractivity contribution in [2.75, 3.05) is 0 Å². The molecule has 2 aromatic carbocycles. The first kappa shape index (κ1) is 11.3. The Bertz CT molecular complexity index is 646. The fraction of sp³-hybridized carbons (Fsp3) is 0.133. The Kier molecular flexibility index (Phi) is 3.03. The molecular formula is C15H13ClN2. The molecule has 0 aliphatic rings. The Morgan fingerprint density at radius 2 is 1.94 bits per heavy atom.